The zero-order chi connectivity index (χ0) is 21.0. The summed E-state index contributed by atoms with van der Waals surface area (Å²) in [7, 11) is -3.63. The Kier molecular flexibility index (Phi) is 6.73. The van der Waals surface area contributed by atoms with Crippen molar-refractivity contribution in [3.63, 3.8) is 0 Å². The monoisotopic (exact) mass is 444 g/mol. The van der Waals surface area contributed by atoms with Crippen molar-refractivity contribution in [1.29, 1.82) is 0 Å². The van der Waals surface area contributed by atoms with Crippen LogP contribution in [0.1, 0.15) is 31.7 Å². The predicted octanol–water partition coefficient (Wildman–Crippen LogP) is 5.00. The molecule has 0 spiro atoms. The molecular formula is C23H28N2O3S2. The Bertz CT molecular complexity index is 1060. The van der Waals surface area contributed by atoms with Crippen LogP contribution in [0.5, 0.6) is 0 Å². The maximum atomic E-state index is 13.0. The van der Waals surface area contributed by atoms with E-state index in [-0.39, 0.29) is 0 Å². The van der Waals surface area contributed by atoms with E-state index in [1.54, 1.807) is 6.07 Å². The van der Waals surface area contributed by atoms with E-state index in [2.05, 4.69) is 17.0 Å². The zero-order valence-electron chi connectivity index (χ0n) is 17.1. The van der Waals surface area contributed by atoms with Crippen LogP contribution in [0.15, 0.2) is 58.8 Å². The van der Waals surface area contributed by atoms with Gasteiger partial charge >= 0.3 is 0 Å². The van der Waals surface area contributed by atoms with Crippen LogP contribution in [0.3, 0.4) is 0 Å². The third-order valence-electron chi connectivity index (χ3n) is 5.60. The summed E-state index contributed by atoms with van der Waals surface area (Å²) in [5, 5.41) is 4.50. The van der Waals surface area contributed by atoms with Gasteiger partial charge in [-0.1, -0.05) is 36.4 Å². The Morgan fingerprint density at radius 3 is 2.63 bits per heavy atom. The maximum Gasteiger partial charge on any atom is 0.271 e. The van der Waals surface area contributed by atoms with Crippen LogP contribution < -0.4 is 10.0 Å². The van der Waals surface area contributed by atoms with Crippen molar-refractivity contribution < 1.29 is 13.2 Å². The second-order valence-electron chi connectivity index (χ2n) is 7.94. The molecule has 0 saturated carbocycles. The number of anilines is 1. The fraction of sp³-hybridized carbons (Fsp3) is 0.391. The molecule has 7 heteroatoms. The van der Waals surface area contributed by atoms with Gasteiger partial charge in [0.25, 0.3) is 10.0 Å². The first-order valence-corrected chi connectivity index (χ1v) is 12.7. The summed E-state index contributed by atoms with van der Waals surface area (Å²) in [6.07, 6.45) is 3.36. The molecule has 0 radical (unpaired) electrons. The number of fused-ring (bicyclic) bond motifs is 1. The van der Waals surface area contributed by atoms with Crippen molar-refractivity contribution in [2.45, 2.75) is 43.0 Å². The van der Waals surface area contributed by atoms with E-state index >= 15 is 0 Å². The van der Waals surface area contributed by atoms with Crippen LogP contribution in [0.25, 0.3) is 10.1 Å². The van der Waals surface area contributed by atoms with Gasteiger partial charge in [-0.25, -0.2) is 8.42 Å². The molecular weight excluding hydrogens is 416 g/mol. The molecule has 1 aromatic heterocycles. The van der Waals surface area contributed by atoms with Crippen molar-refractivity contribution in [2.24, 2.45) is 5.92 Å². The normalized spacial score (nSPS) is 16.6. The Labute approximate surface area is 182 Å². The number of rotatable bonds is 8. The van der Waals surface area contributed by atoms with E-state index in [0.29, 0.717) is 28.4 Å². The Morgan fingerprint density at radius 1 is 1.10 bits per heavy atom. The van der Waals surface area contributed by atoms with Gasteiger partial charge in [0.15, 0.2) is 0 Å². The molecule has 1 aliphatic rings. The Morgan fingerprint density at radius 2 is 1.83 bits per heavy atom. The number of para-hydroxylation sites is 1. The molecule has 2 heterocycles. The van der Waals surface area contributed by atoms with E-state index in [0.717, 1.165) is 48.1 Å². The molecule has 1 saturated heterocycles. The molecule has 0 bridgehead atoms. The van der Waals surface area contributed by atoms with Crippen LogP contribution in [0.4, 0.5) is 5.69 Å². The number of ether oxygens (including phenoxy) is 1. The molecule has 0 aliphatic carbocycles. The van der Waals surface area contributed by atoms with Gasteiger partial charge in [0.1, 0.15) is 4.21 Å². The number of benzene rings is 2. The molecule has 3 aromatic rings. The van der Waals surface area contributed by atoms with Crippen LogP contribution >= 0.6 is 11.3 Å². The SMILES string of the molecule is CC(CC1CCOCC1)NCc1ccccc1NS(=O)(=O)c1cc2ccccc2s1. The minimum Gasteiger partial charge on any atom is -0.381 e. The van der Waals surface area contributed by atoms with Crippen LogP contribution in [-0.2, 0) is 21.3 Å². The molecule has 1 unspecified atom stereocenters. The highest BCUT2D eigenvalue weighted by Crippen LogP contribution is 2.30. The molecule has 1 aliphatic heterocycles. The fourth-order valence-electron chi connectivity index (χ4n) is 3.91. The fourth-order valence-corrected chi connectivity index (χ4v) is 6.41. The summed E-state index contributed by atoms with van der Waals surface area (Å²) in [6.45, 7) is 4.54. The summed E-state index contributed by atoms with van der Waals surface area (Å²) in [5.74, 6) is 0.697. The Hall–Kier alpha value is -1.93. The number of nitrogens with one attached hydrogen (secondary N) is 2. The summed E-state index contributed by atoms with van der Waals surface area (Å²) in [4.78, 5) is 0. The van der Waals surface area contributed by atoms with Crippen molar-refractivity contribution in [1.82, 2.24) is 5.32 Å². The Balaban J connectivity index is 1.43. The predicted molar refractivity (Wildman–Crippen MR) is 124 cm³/mol. The molecule has 2 N–H and O–H groups in total. The first-order chi connectivity index (χ1) is 14.5. The average Bonchev–Trinajstić information content (AvgIpc) is 3.19. The van der Waals surface area contributed by atoms with Gasteiger partial charge in [-0.15, -0.1) is 11.3 Å². The first-order valence-electron chi connectivity index (χ1n) is 10.4. The molecule has 2 aromatic carbocycles. The van der Waals surface area contributed by atoms with Crippen molar-refractivity contribution in [3.05, 3.63) is 60.2 Å². The lowest BCUT2D eigenvalue weighted by Crippen LogP contribution is -2.30. The lowest BCUT2D eigenvalue weighted by atomic mass is 9.93. The van der Waals surface area contributed by atoms with E-state index < -0.39 is 10.0 Å². The van der Waals surface area contributed by atoms with E-state index in [9.17, 15) is 8.42 Å². The number of sulfonamides is 1. The largest absolute Gasteiger partial charge is 0.381 e. The average molecular weight is 445 g/mol. The van der Waals surface area contributed by atoms with Gasteiger partial charge < -0.3 is 10.1 Å². The first kappa shape index (κ1) is 21.3. The van der Waals surface area contributed by atoms with Gasteiger partial charge in [-0.3, -0.25) is 4.72 Å². The second-order valence-corrected chi connectivity index (χ2v) is 10.9. The van der Waals surface area contributed by atoms with E-state index in [1.807, 2.05) is 48.5 Å². The number of thiophene rings is 1. The summed E-state index contributed by atoms with van der Waals surface area (Å²) in [6, 6.07) is 17.4. The van der Waals surface area contributed by atoms with E-state index in [4.69, 9.17) is 4.74 Å². The summed E-state index contributed by atoms with van der Waals surface area (Å²) in [5.41, 5.74) is 1.57. The smallest absolute Gasteiger partial charge is 0.271 e. The van der Waals surface area contributed by atoms with Gasteiger partial charge in [-0.05, 0) is 61.3 Å². The molecule has 5 nitrogen and oxygen atoms in total. The van der Waals surface area contributed by atoms with Gasteiger partial charge in [-0.2, -0.15) is 0 Å². The minimum absolute atomic E-state index is 0.333. The topological polar surface area (TPSA) is 67.4 Å². The zero-order valence-corrected chi connectivity index (χ0v) is 18.8. The van der Waals surface area contributed by atoms with Crippen molar-refractivity contribution in [2.75, 3.05) is 17.9 Å². The molecule has 30 heavy (non-hydrogen) atoms. The van der Waals surface area contributed by atoms with Crippen molar-refractivity contribution >= 4 is 37.1 Å². The van der Waals surface area contributed by atoms with Crippen LogP contribution in [-0.4, -0.2) is 27.7 Å². The second kappa shape index (κ2) is 9.47. The van der Waals surface area contributed by atoms with Gasteiger partial charge in [0.2, 0.25) is 0 Å². The lowest BCUT2D eigenvalue weighted by molar-refractivity contribution is 0.0611. The third-order valence-corrected chi connectivity index (χ3v) is 8.55. The third kappa shape index (κ3) is 5.21. The van der Waals surface area contributed by atoms with E-state index in [1.165, 1.54) is 11.3 Å². The maximum absolute atomic E-state index is 13.0. The molecule has 0 amide bonds. The highest BCUT2D eigenvalue weighted by molar-refractivity contribution is 7.94. The number of hydrogen-bond donors (Lipinski definition) is 2. The highest BCUT2D eigenvalue weighted by Gasteiger charge is 2.20. The van der Waals surface area contributed by atoms with Gasteiger partial charge in [0, 0.05) is 30.5 Å². The number of hydrogen-bond acceptors (Lipinski definition) is 5. The lowest BCUT2D eigenvalue weighted by Gasteiger charge is -2.25. The summed E-state index contributed by atoms with van der Waals surface area (Å²) >= 11 is 1.29. The van der Waals surface area contributed by atoms with Crippen LogP contribution in [0, 0.1) is 5.92 Å². The van der Waals surface area contributed by atoms with Gasteiger partial charge in [0.05, 0.1) is 5.69 Å². The summed E-state index contributed by atoms with van der Waals surface area (Å²) < 4.78 is 35.5. The molecule has 160 valence electrons. The highest BCUT2D eigenvalue weighted by atomic mass is 32.2. The standard InChI is InChI=1S/C23H28N2O3S2/c1-17(14-18-10-12-28-13-11-18)24-16-20-7-2-4-8-21(20)25-30(26,27)23-15-19-6-3-5-9-22(19)29-23/h2-9,15,17-18,24-25H,10-14,16H2,1H3. The molecule has 1 atom stereocenters. The minimum atomic E-state index is -3.63. The van der Waals surface area contributed by atoms with Crippen LogP contribution in [0.2, 0.25) is 0 Å². The molecule has 4 rings (SSSR count). The quantitative estimate of drug-likeness (QED) is 0.513. The van der Waals surface area contributed by atoms with Crippen molar-refractivity contribution in [3.8, 4) is 0 Å². The molecule has 1 fully saturated rings.